The number of benzene rings is 1. The Balaban J connectivity index is 1.57. The second-order valence-corrected chi connectivity index (χ2v) is 20.0. The number of hydrogen-bond acceptors (Lipinski definition) is 7. The van der Waals surface area contributed by atoms with Crippen LogP contribution in [0.5, 0.6) is 0 Å². The molecule has 42 heavy (non-hydrogen) atoms. The summed E-state index contributed by atoms with van der Waals surface area (Å²) in [5.41, 5.74) is 3.42. The second kappa shape index (κ2) is 12.2. The number of aromatic nitrogens is 3. The fourth-order valence-electron chi connectivity index (χ4n) is 4.74. The smallest absolute Gasteiger partial charge is 0.410 e. The Morgan fingerprint density at radius 1 is 1.00 bits per heavy atom. The molecule has 3 heterocycles. The molecule has 4 rings (SSSR count). The van der Waals surface area contributed by atoms with E-state index in [2.05, 4.69) is 36.7 Å². The molecule has 0 unspecified atom stereocenters. The molecule has 1 aliphatic heterocycles. The highest BCUT2D eigenvalue weighted by Crippen LogP contribution is 2.30. The van der Waals surface area contributed by atoms with E-state index in [1.807, 2.05) is 64.4 Å². The molecule has 0 spiro atoms. The Labute approximate surface area is 251 Å². The van der Waals surface area contributed by atoms with Crippen molar-refractivity contribution >= 4 is 36.8 Å². The monoisotopic (exact) mass is 593 g/mol. The summed E-state index contributed by atoms with van der Waals surface area (Å²) in [6.07, 6.45) is 3.34. The SMILES string of the molecule is CC(C)(C)OC(=O)N1CCN(c2cccc(-c3cnc4c(n3)c(C(=O)C(C)(C)C)cn4COCC[Si](C)(C)C)c2)CC1. The van der Waals surface area contributed by atoms with Gasteiger partial charge in [-0.2, -0.15) is 0 Å². The summed E-state index contributed by atoms with van der Waals surface area (Å²) in [7, 11) is -1.21. The summed E-state index contributed by atoms with van der Waals surface area (Å²) in [5.74, 6) is 0.0245. The molecule has 10 heteroatoms. The van der Waals surface area contributed by atoms with Crippen LogP contribution in [0.4, 0.5) is 10.5 Å². The molecular weight excluding hydrogens is 546 g/mol. The van der Waals surface area contributed by atoms with Gasteiger partial charge in [0.25, 0.3) is 0 Å². The highest BCUT2D eigenvalue weighted by Gasteiger charge is 2.29. The van der Waals surface area contributed by atoms with Crippen LogP contribution < -0.4 is 4.90 Å². The normalized spacial score (nSPS) is 14.9. The minimum Gasteiger partial charge on any atom is -0.444 e. The zero-order valence-corrected chi connectivity index (χ0v) is 27.8. The van der Waals surface area contributed by atoms with Gasteiger partial charge < -0.3 is 23.8 Å². The summed E-state index contributed by atoms with van der Waals surface area (Å²) in [6.45, 7) is 22.0. The van der Waals surface area contributed by atoms with Gasteiger partial charge in [0.05, 0.1) is 17.5 Å². The molecule has 1 aliphatic rings. The van der Waals surface area contributed by atoms with Crippen molar-refractivity contribution in [3.63, 3.8) is 0 Å². The van der Waals surface area contributed by atoms with Crippen LogP contribution in [0.3, 0.4) is 0 Å². The molecular formula is C32H47N5O4Si. The van der Waals surface area contributed by atoms with Crippen LogP contribution in [0.15, 0.2) is 36.7 Å². The number of hydrogen-bond donors (Lipinski definition) is 0. The lowest BCUT2D eigenvalue weighted by atomic mass is 9.87. The van der Waals surface area contributed by atoms with Crippen LogP contribution in [0.25, 0.3) is 22.4 Å². The molecule has 0 N–H and O–H groups in total. The second-order valence-electron chi connectivity index (χ2n) is 14.4. The first-order valence-corrected chi connectivity index (χ1v) is 18.5. The van der Waals surface area contributed by atoms with E-state index in [4.69, 9.17) is 19.4 Å². The number of Topliss-reactive ketones (excluding diaryl/α,β-unsaturated/α-hetero) is 1. The van der Waals surface area contributed by atoms with Crippen LogP contribution in [0.2, 0.25) is 25.7 Å². The molecule has 0 atom stereocenters. The summed E-state index contributed by atoms with van der Waals surface area (Å²) in [5, 5.41) is 0. The first-order chi connectivity index (χ1) is 19.5. The fraction of sp³-hybridized carbons (Fsp3) is 0.562. The third-order valence-electron chi connectivity index (χ3n) is 7.16. The molecule has 1 aromatic carbocycles. The summed E-state index contributed by atoms with van der Waals surface area (Å²) >= 11 is 0. The maximum absolute atomic E-state index is 13.5. The van der Waals surface area contributed by atoms with Crippen molar-refractivity contribution in [2.75, 3.05) is 37.7 Å². The largest absolute Gasteiger partial charge is 0.444 e. The third-order valence-corrected chi connectivity index (χ3v) is 8.86. The number of carbonyl (C=O) groups excluding carboxylic acids is 2. The number of piperazine rings is 1. The molecule has 0 radical (unpaired) electrons. The van der Waals surface area contributed by atoms with Crippen molar-refractivity contribution in [2.45, 2.75) is 79.6 Å². The van der Waals surface area contributed by atoms with Gasteiger partial charge in [0.15, 0.2) is 11.4 Å². The summed E-state index contributed by atoms with van der Waals surface area (Å²) in [6, 6.07) is 9.26. The molecule has 1 saturated heterocycles. The van der Waals surface area contributed by atoms with E-state index >= 15 is 0 Å². The minimum atomic E-state index is -1.21. The fourth-order valence-corrected chi connectivity index (χ4v) is 5.49. The van der Waals surface area contributed by atoms with Crippen molar-refractivity contribution in [3.05, 3.63) is 42.2 Å². The van der Waals surface area contributed by atoms with Crippen LogP contribution in [0.1, 0.15) is 51.9 Å². The van der Waals surface area contributed by atoms with Gasteiger partial charge in [-0.3, -0.25) is 4.79 Å². The third kappa shape index (κ3) is 7.98. The molecule has 9 nitrogen and oxygen atoms in total. The average molecular weight is 594 g/mol. The number of ketones is 1. The lowest BCUT2D eigenvalue weighted by Gasteiger charge is -2.36. The van der Waals surface area contributed by atoms with Crippen LogP contribution in [-0.4, -0.2) is 77.8 Å². The Morgan fingerprint density at radius 2 is 1.69 bits per heavy atom. The molecule has 228 valence electrons. The topological polar surface area (TPSA) is 89.8 Å². The Bertz CT molecular complexity index is 1420. The van der Waals surface area contributed by atoms with E-state index in [0.29, 0.717) is 61.9 Å². The van der Waals surface area contributed by atoms with Crippen molar-refractivity contribution in [1.29, 1.82) is 0 Å². The van der Waals surface area contributed by atoms with Crippen molar-refractivity contribution < 1.29 is 19.1 Å². The van der Waals surface area contributed by atoms with E-state index in [0.717, 1.165) is 17.3 Å². The molecule has 0 saturated carbocycles. The summed E-state index contributed by atoms with van der Waals surface area (Å²) < 4.78 is 13.4. The quantitative estimate of drug-likeness (QED) is 0.163. The lowest BCUT2D eigenvalue weighted by molar-refractivity contribution is 0.0240. The van der Waals surface area contributed by atoms with Gasteiger partial charge in [-0.05, 0) is 38.9 Å². The predicted molar refractivity (Wildman–Crippen MR) is 171 cm³/mol. The first kappa shape index (κ1) is 31.7. The number of anilines is 1. The average Bonchev–Trinajstić information content (AvgIpc) is 3.26. The van der Waals surface area contributed by atoms with E-state index in [-0.39, 0.29) is 11.9 Å². The Morgan fingerprint density at radius 3 is 2.31 bits per heavy atom. The number of rotatable bonds is 8. The van der Waals surface area contributed by atoms with Crippen LogP contribution in [0, 0.1) is 5.41 Å². The number of ether oxygens (including phenoxy) is 2. The van der Waals surface area contributed by atoms with Gasteiger partial charge in [0.1, 0.15) is 17.8 Å². The van der Waals surface area contributed by atoms with E-state index in [9.17, 15) is 9.59 Å². The maximum Gasteiger partial charge on any atom is 0.410 e. The highest BCUT2D eigenvalue weighted by atomic mass is 28.3. The molecule has 3 aromatic rings. The standard InChI is InChI=1S/C32H47N5O4Si/c1-31(2,3)28(38)25-21-37(22-40-17-18-42(7,8)9)29-27(25)34-26(20-33-29)23-11-10-12-24(19-23)35-13-15-36(16-14-35)30(39)41-32(4,5)6/h10-12,19-21H,13-18,22H2,1-9H3. The van der Waals surface area contributed by atoms with Gasteiger partial charge in [-0.1, -0.05) is 52.5 Å². The lowest BCUT2D eigenvalue weighted by Crippen LogP contribution is -2.50. The molecule has 2 aromatic heterocycles. The van der Waals surface area contributed by atoms with E-state index in [1.165, 1.54) is 0 Å². The van der Waals surface area contributed by atoms with E-state index in [1.54, 1.807) is 11.1 Å². The number of fused-ring (bicyclic) bond motifs is 1. The van der Waals surface area contributed by atoms with Crippen LogP contribution in [-0.2, 0) is 16.2 Å². The van der Waals surface area contributed by atoms with Gasteiger partial charge in [-0.25, -0.2) is 14.8 Å². The van der Waals surface area contributed by atoms with Gasteiger partial charge in [-0.15, -0.1) is 0 Å². The van der Waals surface area contributed by atoms with Crippen LogP contribution >= 0.6 is 0 Å². The molecule has 0 aliphatic carbocycles. The number of amides is 1. The van der Waals surface area contributed by atoms with E-state index < -0.39 is 19.1 Å². The molecule has 1 fully saturated rings. The number of nitrogens with zero attached hydrogens (tertiary/aromatic N) is 5. The maximum atomic E-state index is 13.5. The molecule has 1 amide bonds. The van der Waals surface area contributed by atoms with Crippen molar-refractivity contribution in [2.24, 2.45) is 5.41 Å². The van der Waals surface area contributed by atoms with Gasteiger partial charge >= 0.3 is 6.09 Å². The zero-order chi connectivity index (χ0) is 30.9. The minimum absolute atomic E-state index is 0.0245. The Kier molecular flexibility index (Phi) is 9.18. The zero-order valence-electron chi connectivity index (χ0n) is 26.8. The van der Waals surface area contributed by atoms with Crippen molar-refractivity contribution in [1.82, 2.24) is 19.4 Å². The van der Waals surface area contributed by atoms with Gasteiger partial charge in [0.2, 0.25) is 0 Å². The Hall–Kier alpha value is -3.24. The first-order valence-electron chi connectivity index (χ1n) is 14.8. The van der Waals surface area contributed by atoms with Crippen molar-refractivity contribution in [3.8, 4) is 11.3 Å². The highest BCUT2D eigenvalue weighted by molar-refractivity contribution is 6.76. The molecule has 0 bridgehead atoms. The predicted octanol–water partition coefficient (Wildman–Crippen LogP) is 6.70. The van der Waals surface area contributed by atoms with Gasteiger partial charge in [0, 0.05) is 63.7 Å². The number of carbonyl (C=O) groups is 2. The summed E-state index contributed by atoms with van der Waals surface area (Å²) in [4.78, 5) is 39.7.